The highest BCUT2D eigenvalue weighted by atomic mass is 35.5. The van der Waals surface area contributed by atoms with Crippen LogP contribution in [0.1, 0.15) is 31.2 Å². The molecule has 0 amide bonds. The first-order valence-corrected chi connectivity index (χ1v) is 6.81. The van der Waals surface area contributed by atoms with Gasteiger partial charge in [-0.1, -0.05) is 36.7 Å². The zero-order chi connectivity index (χ0) is 12.3. The third kappa shape index (κ3) is 3.11. The van der Waals surface area contributed by atoms with Gasteiger partial charge in [-0.3, -0.25) is 0 Å². The van der Waals surface area contributed by atoms with Gasteiger partial charge in [-0.2, -0.15) is 0 Å². The Morgan fingerprint density at radius 3 is 2.41 bits per heavy atom. The topological polar surface area (TPSA) is 29.3 Å². The van der Waals surface area contributed by atoms with Crippen LogP contribution in [0.15, 0.2) is 18.2 Å². The van der Waals surface area contributed by atoms with Crippen LogP contribution in [-0.4, -0.2) is 18.1 Å². The monoisotopic (exact) mass is 268 g/mol. The number of hydrogen-bond donors (Lipinski definition) is 1. The van der Waals surface area contributed by atoms with Gasteiger partial charge >= 0.3 is 0 Å². The molecule has 0 saturated carbocycles. The number of benzene rings is 1. The highest BCUT2D eigenvalue weighted by Gasteiger charge is 2.15. The molecule has 17 heavy (non-hydrogen) atoms. The third-order valence-corrected chi connectivity index (χ3v) is 3.63. The molecule has 2 nitrogen and oxygen atoms in total. The summed E-state index contributed by atoms with van der Waals surface area (Å²) in [5.41, 5.74) is 7.80. The van der Waals surface area contributed by atoms with Crippen molar-refractivity contribution in [3.05, 3.63) is 28.8 Å². The van der Waals surface area contributed by atoms with Crippen molar-refractivity contribution < 1.29 is 0 Å². The van der Waals surface area contributed by atoms with Crippen LogP contribution in [0.2, 0.25) is 5.02 Å². The molecule has 0 unspecified atom stereocenters. The van der Waals surface area contributed by atoms with E-state index in [1.54, 1.807) is 0 Å². The molecule has 0 aromatic heterocycles. The molecule has 0 aliphatic carbocycles. The second kappa shape index (κ2) is 5.69. The van der Waals surface area contributed by atoms with Crippen LogP contribution in [0.4, 0.5) is 5.69 Å². The van der Waals surface area contributed by atoms with Crippen molar-refractivity contribution in [3.8, 4) is 0 Å². The zero-order valence-electron chi connectivity index (χ0n) is 9.79. The fraction of sp³-hybridized carbons (Fsp3) is 0.462. The predicted molar refractivity (Wildman–Crippen MR) is 78.0 cm³/mol. The Bertz CT molecular complexity index is 412. The average Bonchev–Trinajstić information content (AvgIpc) is 2.57. The quantitative estimate of drug-likeness (QED) is 0.834. The van der Waals surface area contributed by atoms with Gasteiger partial charge in [0.25, 0.3) is 0 Å². The van der Waals surface area contributed by atoms with Crippen molar-refractivity contribution in [2.75, 3.05) is 18.0 Å². The Labute approximate surface area is 113 Å². The van der Waals surface area contributed by atoms with Crippen LogP contribution in [-0.2, 0) is 0 Å². The Morgan fingerprint density at radius 1 is 1.18 bits per heavy atom. The summed E-state index contributed by atoms with van der Waals surface area (Å²) in [6.07, 6.45) is 5.10. The lowest BCUT2D eigenvalue weighted by molar-refractivity contribution is 0.726. The number of anilines is 1. The second-order valence-electron chi connectivity index (χ2n) is 4.43. The van der Waals surface area contributed by atoms with Gasteiger partial charge in [0.2, 0.25) is 0 Å². The van der Waals surface area contributed by atoms with Crippen LogP contribution in [0.3, 0.4) is 0 Å². The minimum Gasteiger partial charge on any atom is -0.389 e. The van der Waals surface area contributed by atoms with Crippen molar-refractivity contribution in [1.29, 1.82) is 0 Å². The molecular weight excluding hydrogens is 252 g/mol. The summed E-state index contributed by atoms with van der Waals surface area (Å²) in [5, 5.41) is 0.686. The lowest BCUT2D eigenvalue weighted by Crippen LogP contribution is -2.27. The molecule has 4 heteroatoms. The SMILES string of the molecule is NC(=S)c1cc(Cl)ccc1N1CCCCCC1. The Hall–Kier alpha value is -0.800. The summed E-state index contributed by atoms with van der Waals surface area (Å²) in [7, 11) is 0. The van der Waals surface area contributed by atoms with E-state index in [1.165, 1.54) is 25.7 Å². The fourth-order valence-corrected chi connectivity index (χ4v) is 2.63. The van der Waals surface area contributed by atoms with E-state index in [4.69, 9.17) is 29.6 Å². The van der Waals surface area contributed by atoms with Gasteiger partial charge in [-0.25, -0.2) is 0 Å². The molecule has 0 spiro atoms. The Balaban J connectivity index is 2.32. The van der Waals surface area contributed by atoms with Crippen molar-refractivity contribution in [2.45, 2.75) is 25.7 Å². The van der Waals surface area contributed by atoms with Crippen molar-refractivity contribution in [1.82, 2.24) is 0 Å². The summed E-state index contributed by atoms with van der Waals surface area (Å²) in [6, 6.07) is 5.80. The smallest absolute Gasteiger partial charge is 0.106 e. The molecule has 1 aromatic carbocycles. The lowest BCUT2D eigenvalue weighted by atomic mass is 10.1. The third-order valence-electron chi connectivity index (χ3n) is 3.17. The summed E-state index contributed by atoms with van der Waals surface area (Å²) >= 11 is 11.1. The van der Waals surface area contributed by atoms with E-state index in [0.717, 1.165) is 24.3 Å². The van der Waals surface area contributed by atoms with Crippen molar-refractivity contribution in [3.63, 3.8) is 0 Å². The summed E-state index contributed by atoms with van der Waals surface area (Å²) in [5.74, 6) is 0. The molecule has 1 saturated heterocycles. The standard InChI is InChI=1S/C13H17ClN2S/c14-10-5-6-12(11(9-10)13(15)17)16-7-3-1-2-4-8-16/h5-6,9H,1-4,7-8H2,(H2,15,17). The van der Waals surface area contributed by atoms with Gasteiger partial charge in [0.15, 0.2) is 0 Å². The highest BCUT2D eigenvalue weighted by Crippen LogP contribution is 2.26. The fourth-order valence-electron chi connectivity index (χ4n) is 2.29. The maximum atomic E-state index is 6.00. The average molecular weight is 269 g/mol. The number of thiocarbonyl (C=S) groups is 1. The molecule has 0 bridgehead atoms. The van der Waals surface area contributed by atoms with Crippen LogP contribution < -0.4 is 10.6 Å². The van der Waals surface area contributed by atoms with Crippen LogP contribution in [0.5, 0.6) is 0 Å². The van der Waals surface area contributed by atoms with Crippen LogP contribution in [0, 0.1) is 0 Å². The zero-order valence-corrected chi connectivity index (χ0v) is 11.4. The molecule has 0 atom stereocenters. The normalized spacial score (nSPS) is 16.6. The molecule has 1 fully saturated rings. The lowest BCUT2D eigenvalue weighted by Gasteiger charge is -2.25. The molecule has 0 radical (unpaired) electrons. The van der Waals surface area contributed by atoms with E-state index in [1.807, 2.05) is 18.2 Å². The van der Waals surface area contributed by atoms with E-state index in [2.05, 4.69) is 4.90 Å². The molecule has 2 rings (SSSR count). The van der Waals surface area contributed by atoms with Crippen molar-refractivity contribution in [2.24, 2.45) is 5.73 Å². The van der Waals surface area contributed by atoms with E-state index in [0.29, 0.717) is 10.0 Å². The van der Waals surface area contributed by atoms with Crippen LogP contribution >= 0.6 is 23.8 Å². The predicted octanol–water partition coefficient (Wildman–Crippen LogP) is 3.35. The Morgan fingerprint density at radius 2 is 1.82 bits per heavy atom. The summed E-state index contributed by atoms with van der Waals surface area (Å²) in [6.45, 7) is 2.16. The number of nitrogens with zero attached hydrogens (tertiary/aromatic N) is 1. The van der Waals surface area contributed by atoms with Gasteiger partial charge in [-0.15, -0.1) is 0 Å². The molecule has 1 aliphatic rings. The minimum absolute atomic E-state index is 0.423. The van der Waals surface area contributed by atoms with Crippen molar-refractivity contribution >= 4 is 34.5 Å². The van der Waals surface area contributed by atoms with Gasteiger partial charge in [0.05, 0.1) is 0 Å². The molecule has 92 valence electrons. The number of halogens is 1. The maximum Gasteiger partial charge on any atom is 0.106 e. The van der Waals surface area contributed by atoms with Crippen LogP contribution in [0.25, 0.3) is 0 Å². The molecular formula is C13H17ClN2S. The second-order valence-corrected chi connectivity index (χ2v) is 5.30. The molecule has 1 aliphatic heterocycles. The van der Waals surface area contributed by atoms with E-state index >= 15 is 0 Å². The first-order chi connectivity index (χ1) is 8.18. The first-order valence-electron chi connectivity index (χ1n) is 6.03. The van der Waals surface area contributed by atoms with Gasteiger partial charge in [0, 0.05) is 29.4 Å². The maximum absolute atomic E-state index is 6.00. The number of rotatable bonds is 2. The molecule has 1 heterocycles. The van der Waals surface area contributed by atoms with E-state index in [-0.39, 0.29) is 0 Å². The molecule has 1 aromatic rings. The summed E-state index contributed by atoms with van der Waals surface area (Å²) in [4.78, 5) is 2.80. The molecule has 2 N–H and O–H groups in total. The van der Waals surface area contributed by atoms with E-state index in [9.17, 15) is 0 Å². The van der Waals surface area contributed by atoms with Gasteiger partial charge < -0.3 is 10.6 Å². The highest BCUT2D eigenvalue weighted by molar-refractivity contribution is 7.80. The minimum atomic E-state index is 0.423. The van der Waals surface area contributed by atoms with Gasteiger partial charge in [-0.05, 0) is 31.0 Å². The first kappa shape index (κ1) is 12.7. The van der Waals surface area contributed by atoms with Gasteiger partial charge in [0.1, 0.15) is 4.99 Å². The largest absolute Gasteiger partial charge is 0.389 e. The van der Waals surface area contributed by atoms with E-state index < -0.39 is 0 Å². The Kier molecular flexibility index (Phi) is 4.24. The number of nitrogens with two attached hydrogens (primary N) is 1. The number of hydrogen-bond acceptors (Lipinski definition) is 2. The summed E-state index contributed by atoms with van der Waals surface area (Å²) < 4.78 is 0.